The van der Waals surface area contributed by atoms with Crippen molar-refractivity contribution in [2.75, 3.05) is 7.11 Å². The number of ether oxygens (including phenoxy) is 2. The van der Waals surface area contributed by atoms with Crippen LogP contribution in [0.4, 0.5) is 0 Å². The van der Waals surface area contributed by atoms with Gasteiger partial charge in [0.2, 0.25) is 5.91 Å². The van der Waals surface area contributed by atoms with Gasteiger partial charge in [0.15, 0.2) is 0 Å². The van der Waals surface area contributed by atoms with Crippen LogP contribution in [0, 0.1) is 6.92 Å². The summed E-state index contributed by atoms with van der Waals surface area (Å²) in [5.74, 6) is -0.382. The second-order valence-electron chi connectivity index (χ2n) is 5.65. The van der Waals surface area contributed by atoms with Crippen LogP contribution in [0.5, 0.6) is 5.75 Å². The lowest BCUT2D eigenvalue weighted by molar-refractivity contribution is 0.0603. The van der Waals surface area contributed by atoms with Crippen molar-refractivity contribution in [3.8, 4) is 5.75 Å². The molecule has 0 spiro atoms. The van der Waals surface area contributed by atoms with Gasteiger partial charge < -0.3 is 15.2 Å². The van der Waals surface area contributed by atoms with Crippen molar-refractivity contribution < 1.29 is 19.1 Å². The van der Waals surface area contributed by atoms with Crippen LogP contribution in [0.1, 0.15) is 31.2 Å². The summed E-state index contributed by atoms with van der Waals surface area (Å²) in [5.41, 5.74) is 7.23. The number of carbonyl (C=O) groups is 2. The van der Waals surface area contributed by atoms with E-state index in [4.69, 9.17) is 26.8 Å². The molecule has 0 aliphatic heterocycles. The molecule has 3 rings (SSSR count). The molecule has 0 unspecified atom stereocenters. The molecule has 0 saturated heterocycles. The van der Waals surface area contributed by atoms with Crippen LogP contribution in [0.25, 0.3) is 10.1 Å². The molecule has 0 fully saturated rings. The molecule has 2 aromatic carbocycles. The van der Waals surface area contributed by atoms with E-state index in [-0.39, 0.29) is 6.61 Å². The first-order valence-electron chi connectivity index (χ1n) is 7.73. The predicted molar refractivity (Wildman–Crippen MR) is 102 cm³/mol. The Kier molecular flexibility index (Phi) is 5.15. The third-order valence-electron chi connectivity index (χ3n) is 3.98. The Morgan fingerprint density at radius 2 is 1.85 bits per heavy atom. The first-order chi connectivity index (χ1) is 12.4. The number of aryl methyl sites for hydroxylation is 1. The maximum atomic E-state index is 12.2. The molecule has 0 radical (unpaired) electrons. The van der Waals surface area contributed by atoms with Crippen LogP contribution >= 0.6 is 22.9 Å². The van der Waals surface area contributed by atoms with Gasteiger partial charge in [-0.25, -0.2) is 4.79 Å². The third kappa shape index (κ3) is 3.38. The fraction of sp³-hybridized carbons (Fsp3) is 0.158. The Hall–Kier alpha value is -2.57. The number of primary amides is 1. The molecule has 1 heterocycles. The standard InChI is InChI=1S/C19H16ClNO4S/c1-10-3-8-14-15(16(10)20)13(17(26-14)19(23)24-2)9-25-12-6-4-11(5-7-12)18(21)22/h3-8H,9H2,1-2H3,(H2,21,22). The van der Waals surface area contributed by atoms with E-state index < -0.39 is 11.9 Å². The molecule has 26 heavy (non-hydrogen) atoms. The number of hydrogen-bond acceptors (Lipinski definition) is 5. The summed E-state index contributed by atoms with van der Waals surface area (Å²) in [6.07, 6.45) is 0. The van der Waals surface area contributed by atoms with Gasteiger partial charge in [-0.2, -0.15) is 0 Å². The Morgan fingerprint density at radius 1 is 1.15 bits per heavy atom. The van der Waals surface area contributed by atoms with E-state index in [2.05, 4.69) is 0 Å². The third-order valence-corrected chi connectivity index (χ3v) is 5.64. The molecule has 0 aliphatic rings. The highest BCUT2D eigenvalue weighted by molar-refractivity contribution is 7.21. The number of nitrogens with two attached hydrogens (primary N) is 1. The predicted octanol–water partition coefficient (Wildman–Crippen LogP) is 4.33. The minimum absolute atomic E-state index is 0.142. The van der Waals surface area contributed by atoms with Crippen molar-refractivity contribution in [3.63, 3.8) is 0 Å². The average molecular weight is 390 g/mol. The highest BCUT2D eigenvalue weighted by Gasteiger charge is 2.22. The van der Waals surface area contributed by atoms with E-state index in [9.17, 15) is 9.59 Å². The van der Waals surface area contributed by atoms with E-state index in [1.165, 1.54) is 18.4 Å². The van der Waals surface area contributed by atoms with Gasteiger partial charge in [-0.05, 0) is 42.8 Å². The van der Waals surface area contributed by atoms with Gasteiger partial charge in [-0.15, -0.1) is 11.3 Å². The van der Waals surface area contributed by atoms with E-state index in [1.54, 1.807) is 24.3 Å². The molecule has 7 heteroatoms. The van der Waals surface area contributed by atoms with Gasteiger partial charge in [0.25, 0.3) is 0 Å². The molecule has 0 atom stereocenters. The summed E-state index contributed by atoms with van der Waals surface area (Å²) in [7, 11) is 1.34. The first-order valence-corrected chi connectivity index (χ1v) is 8.93. The molecule has 3 aromatic rings. The number of methoxy groups -OCH3 is 1. The molecule has 0 bridgehead atoms. The number of fused-ring (bicyclic) bond motifs is 1. The lowest BCUT2D eigenvalue weighted by Gasteiger charge is -2.09. The summed E-state index contributed by atoms with van der Waals surface area (Å²) in [4.78, 5) is 23.8. The molecular formula is C19H16ClNO4S. The van der Waals surface area contributed by atoms with E-state index in [0.717, 1.165) is 15.6 Å². The molecule has 2 N–H and O–H groups in total. The Morgan fingerprint density at radius 3 is 2.46 bits per heavy atom. The van der Waals surface area contributed by atoms with Crippen molar-refractivity contribution in [1.82, 2.24) is 0 Å². The minimum atomic E-state index is -0.504. The van der Waals surface area contributed by atoms with Crippen LogP contribution in [-0.4, -0.2) is 19.0 Å². The largest absolute Gasteiger partial charge is 0.489 e. The second-order valence-corrected chi connectivity index (χ2v) is 7.08. The van der Waals surface area contributed by atoms with E-state index in [1.807, 2.05) is 19.1 Å². The fourth-order valence-electron chi connectivity index (χ4n) is 2.58. The summed E-state index contributed by atoms with van der Waals surface area (Å²) in [6, 6.07) is 10.3. The summed E-state index contributed by atoms with van der Waals surface area (Å²) >= 11 is 7.80. The van der Waals surface area contributed by atoms with Crippen molar-refractivity contribution >= 4 is 44.9 Å². The number of halogens is 1. The van der Waals surface area contributed by atoms with Crippen LogP contribution < -0.4 is 10.5 Å². The lowest BCUT2D eigenvalue weighted by atomic mass is 10.1. The summed E-state index contributed by atoms with van der Waals surface area (Å²) < 4.78 is 11.6. The maximum Gasteiger partial charge on any atom is 0.348 e. The van der Waals surface area contributed by atoms with Crippen molar-refractivity contribution in [2.24, 2.45) is 5.73 Å². The SMILES string of the molecule is COC(=O)c1sc2ccc(C)c(Cl)c2c1COc1ccc(C(N)=O)cc1. The number of benzene rings is 2. The zero-order valence-corrected chi connectivity index (χ0v) is 15.7. The zero-order chi connectivity index (χ0) is 18.8. The number of hydrogen-bond donors (Lipinski definition) is 1. The molecule has 134 valence electrons. The summed E-state index contributed by atoms with van der Waals surface area (Å²) in [5, 5.41) is 1.39. The molecule has 1 aromatic heterocycles. The molecule has 5 nitrogen and oxygen atoms in total. The second kappa shape index (κ2) is 7.35. The first kappa shape index (κ1) is 18.2. The summed E-state index contributed by atoms with van der Waals surface area (Å²) in [6.45, 7) is 2.05. The van der Waals surface area contributed by atoms with Crippen LogP contribution in [0.2, 0.25) is 5.02 Å². The molecule has 1 amide bonds. The zero-order valence-electron chi connectivity index (χ0n) is 14.2. The Balaban J connectivity index is 1.98. The minimum Gasteiger partial charge on any atom is -0.489 e. The van der Waals surface area contributed by atoms with Gasteiger partial charge in [0.1, 0.15) is 17.2 Å². The molecular weight excluding hydrogens is 374 g/mol. The van der Waals surface area contributed by atoms with Crippen LogP contribution in [0.15, 0.2) is 36.4 Å². The number of rotatable bonds is 5. The molecule has 0 aliphatic carbocycles. The van der Waals surface area contributed by atoms with Crippen molar-refractivity contribution in [2.45, 2.75) is 13.5 Å². The highest BCUT2D eigenvalue weighted by atomic mass is 35.5. The number of thiophene rings is 1. The highest BCUT2D eigenvalue weighted by Crippen LogP contribution is 2.38. The van der Waals surface area contributed by atoms with E-state index >= 15 is 0 Å². The number of esters is 1. The van der Waals surface area contributed by atoms with Crippen molar-refractivity contribution in [1.29, 1.82) is 0 Å². The molecule has 0 saturated carbocycles. The normalized spacial score (nSPS) is 10.7. The quantitative estimate of drug-likeness (QED) is 0.659. The average Bonchev–Trinajstić information content (AvgIpc) is 3.02. The van der Waals surface area contributed by atoms with Crippen LogP contribution in [0.3, 0.4) is 0 Å². The maximum absolute atomic E-state index is 12.2. The lowest BCUT2D eigenvalue weighted by Crippen LogP contribution is -2.10. The monoisotopic (exact) mass is 389 g/mol. The smallest absolute Gasteiger partial charge is 0.348 e. The Bertz CT molecular complexity index is 995. The topological polar surface area (TPSA) is 78.6 Å². The van der Waals surface area contributed by atoms with Gasteiger partial charge in [-0.1, -0.05) is 17.7 Å². The van der Waals surface area contributed by atoms with Gasteiger partial charge in [0.05, 0.1) is 12.1 Å². The van der Waals surface area contributed by atoms with Crippen LogP contribution in [-0.2, 0) is 11.3 Å². The van der Waals surface area contributed by atoms with E-state index in [0.29, 0.717) is 26.8 Å². The van der Waals surface area contributed by atoms with Gasteiger partial charge in [0, 0.05) is 21.2 Å². The van der Waals surface area contributed by atoms with Gasteiger partial charge >= 0.3 is 5.97 Å². The van der Waals surface area contributed by atoms with Crippen molar-refractivity contribution in [3.05, 3.63) is 63.0 Å². The number of amides is 1. The fourth-order valence-corrected chi connectivity index (χ4v) is 4.05. The number of carbonyl (C=O) groups excluding carboxylic acids is 2. The van der Waals surface area contributed by atoms with Gasteiger partial charge in [-0.3, -0.25) is 4.79 Å². The Labute approximate surface area is 159 Å².